The van der Waals surface area contributed by atoms with E-state index in [4.69, 9.17) is 4.52 Å². The summed E-state index contributed by atoms with van der Waals surface area (Å²) >= 11 is 0. The third-order valence-corrected chi connectivity index (χ3v) is 4.65. The molecule has 1 saturated heterocycles. The Hall–Kier alpha value is -1.79. The molecule has 0 radical (unpaired) electrons. The van der Waals surface area contributed by atoms with Gasteiger partial charge in [-0.25, -0.2) is 4.39 Å². The van der Waals surface area contributed by atoms with E-state index >= 15 is 0 Å². The molecule has 124 valence electrons. The number of benzene rings is 1. The van der Waals surface area contributed by atoms with E-state index in [0.717, 1.165) is 19.4 Å². The maximum atomic E-state index is 13.7. The number of likely N-dealkylation sites (tertiary alicyclic amines) is 1. The van der Waals surface area contributed by atoms with Gasteiger partial charge in [-0.05, 0) is 43.9 Å². The summed E-state index contributed by atoms with van der Waals surface area (Å²) in [6.45, 7) is 5.42. The van der Waals surface area contributed by atoms with Crippen molar-refractivity contribution in [3.8, 4) is 11.4 Å². The highest BCUT2D eigenvalue weighted by molar-refractivity contribution is 5.54. The molecule has 1 aliphatic heterocycles. The van der Waals surface area contributed by atoms with E-state index < -0.39 is 0 Å². The van der Waals surface area contributed by atoms with Crippen molar-refractivity contribution in [1.82, 2.24) is 15.0 Å². The second-order valence-electron chi connectivity index (χ2n) is 6.32. The first-order valence-corrected chi connectivity index (χ1v) is 8.02. The van der Waals surface area contributed by atoms with Gasteiger partial charge in [0, 0.05) is 11.6 Å². The predicted octanol–water partition coefficient (Wildman–Crippen LogP) is 2.78. The molecule has 1 N–H and O–H groups in total. The monoisotopic (exact) mass is 319 g/mol. The summed E-state index contributed by atoms with van der Waals surface area (Å²) < 4.78 is 19.0. The number of hydrogen-bond acceptors (Lipinski definition) is 5. The van der Waals surface area contributed by atoms with Gasteiger partial charge in [0.05, 0.1) is 13.2 Å². The standard InChI is InChI=1S/C17H22FN3O2/c1-11-5-6-13(8-14(11)18)17-19-16(23-20-17)9-21-7-3-4-12(2)15(21)10-22/h5-6,8,12,15,22H,3-4,7,9-10H2,1-2H3. The molecule has 2 unspecified atom stereocenters. The van der Waals surface area contributed by atoms with E-state index in [-0.39, 0.29) is 18.5 Å². The van der Waals surface area contributed by atoms with Crippen molar-refractivity contribution in [1.29, 1.82) is 0 Å². The highest BCUT2D eigenvalue weighted by Gasteiger charge is 2.29. The van der Waals surface area contributed by atoms with Gasteiger partial charge in [-0.2, -0.15) is 4.98 Å². The van der Waals surface area contributed by atoms with Crippen molar-refractivity contribution >= 4 is 0 Å². The van der Waals surface area contributed by atoms with Crippen LogP contribution in [0.2, 0.25) is 0 Å². The first-order valence-electron chi connectivity index (χ1n) is 8.02. The second kappa shape index (κ2) is 6.76. The number of piperidine rings is 1. The van der Waals surface area contributed by atoms with Crippen LogP contribution in [0.5, 0.6) is 0 Å². The van der Waals surface area contributed by atoms with E-state index in [1.165, 1.54) is 6.07 Å². The Balaban J connectivity index is 1.75. The Morgan fingerprint density at radius 3 is 3.00 bits per heavy atom. The number of aryl methyl sites for hydroxylation is 1. The summed E-state index contributed by atoms with van der Waals surface area (Å²) in [5, 5.41) is 13.6. The molecule has 1 aromatic heterocycles. The molecule has 3 rings (SSSR count). The summed E-state index contributed by atoms with van der Waals surface area (Å²) in [5.74, 6) is 1.06. The van der Waals surface area contributed by atoms with Crippen molar-refractivity contribution in [3.63, 3.8) is 0 Å². The molecule has 6 heteroatoms. The fourth-order valence-electron chi connectivity index (χ4n) is 3.17. The molecule has 0 spiro atoms. The van der Waals surface area contributed by atoms with Crippen LogP contribution in [-0.2, 0) is 6.54 Å². The van der Waals surface area contributed by atoms with Crippen LogP contribution in [0.1, 0.15) is 31.2 Å². The average Bonchev–Trinajstić information content (AvgIpc) is 2.99. The molecule has 23 heavy (non-hydrogen) atoms. The fourth-order valence-corrected chi connectivity index (χ4v) is 3.17. The summed E-state index contributed by atoms with van der Waals surface area (Å²) in [6, 6.07) is 5.03. The van der Waals surface area contributed by atoms with Gasteiger partial charge < -0.3 is 9.63 Å². The van der Waals surface area contributed by atoms with Gasteiger partial charge >= 0.3 is 0 Å². The molecule has 0 amide bonds. The highest BCUT2D eigenvalue weighted by Crippen LogP contribution is 2.25. The lowest BCUT2D eigenvalue weighted by Gasteiger charge is -2.38. The van der Waals surface area contributed by atoms with Crippen LogP contribution in [0.3, 0.4) is 0 Å². The Morgan fingerprint density at radius 1 is 1.43 bits per heavy atom. The van der Waals surface area contributed by atoms with Crippen molar-refractivity contribution in [2.45, 2.75) is 39.3 Å². The molecule has 1 aromatic carbocycles. The zero-order valence-electron chi connectivity index (χ0n) is 13.5. The largest absolute Gasteiger partial charge is 0.395 e. The third kappa shape index (κ3) is 3.43. The number of rotatable bonds is 4. The van der Waals surface area contributed by atoms with Crippen molar-refractivity contribution in [2.75, 3.05) is 13.2 Å². The minimum atomic E-state index is -0.279. The lowest BCUT2D eigenvalue weighted by Crippen LogP contribution is -2.46. The zero-order valence-corrected chi connectivity index (χ0v) is 13.5. The van der Waals surface area contributed by atoms with E-state index in [1.54, 1.807) is 19.1 Å². The number of aliphatic hydroxyl groups excluding tert-OH is 1. The molecule has 0 bridgehead atoms. The Kier molecular flexibility index (Phi) is 4.73. The van der Waals surface area contributed by atoms with Gasteiger partial charge in [0.2, 0.25) is 11.7 Å². The molecule has 2 heterocycles. The second-order valence-corrected chi connectivity index (χ2v) is 6.32. The van der Waals surface area contributed by atoms with Gasteiger partial charge in [-0.1, -0.05) is 24.2 Å². The average molecular weight is 319 g/mol. The molecule has 0 aliphatic carbocycles. The van der Waals surface area contributed by atoms with Gasteiger partial charge in [-0.15, -0.1) is 0 Å². The molecule has 1 fully saturated rings. The smallest absolute Gasteiger partial charge is 0.241 e. The summed E-state index contributed by atoms with van der Waals surface area (Å²) in [5.41, 5.74) is 1.19. The lowest BCUT2D eigenvalue weighted by molar-refractivity contribution is 0.0400. The van der Waals surface area contributed by atoms with E-state index in [2.05, 4.69) is 22.0 Å². The predicted molar refractivity (Wildman–Crippen MR) is 84.1 cm³/mol. The van der Waals surface area contributed by atoms with Gasteiger partial charge in [-0.3, -0.25) is 4.90 Å². The van der Waals surface area contributed by atoms with Gasteiger partial charge in [0.1, 0.15) is 5.82 Å². The molecular formula is C17H22FN3O2. The van der Waals surface area contributed by atoms with Gasteiger partial charge in [0.25, 0.3) is 0 Å². The minimum absolute atomic E-state index is 0.121. The SMILES string of the molecule is Cc1ccc(-c2noc(CN3CCCC(C)C3CO)n2)cc1F. The summed E-state index contributed by atoms with van der Waals surface area (Å²) in [4.78, 5) is 6.55. The van der Waals surface area contributed by atoms with Crippen LogP contribution >= 0.6 is 0 Å². The Bertz CT molecular complexity index is 674. The zero-order chi connectivity index (χ0) is 16.4. The maximum absolute atomic E-state index is 13.7. The minimum Gasteiger partial charge on any atom is -0.395 e. The van der Waals surface area contributed by atoms with Crippen LogP contribution in [0.25, 0.3) is 11.4 Å². The van der Waals surface area contributed by atoms with Gasteiger partial charge in [0.15, 0.2) is 0 Å². The van der Waals surface area contributed by atoms with E-state index in [9.17, 15) is 9.50 Å². The first kappa shape index (κ1) is 16.1. The van der Waals surface area contributed by atoms with Crippen LogP contribution in [-0.4, -0.2) is 39.3 Å². The molecular weight excluding hydrogens is 297 g/mol. The summed E-state index contributed by atoms with van der Waals surface area (Å²) in [6.07, 6.45) is 2.22. The van der Waals surface area contributed by atoms with Crippen LogP contribution in [0.4, 0.5) is 4.39 Å². The maximum Gasteiger partial charge on any atom is 0.241 e. The van der Waals surface area contributed by atoms with Crippen LogP contribution in [0, 0.1) is 18.7 Å². The van der Waals surface area contributed by atoms with Crippen LogP contribution in [0.15, 0.2) is 22.7 Å². The van der Waals surface area contributed by atoms with Crippen molar-refractivity contribution in [2.24, 2.45) is 5.92 Å². The number of halogens is 1. The Labute approximate surface area is 135 Å². The van der Waals surface area contributed by atoms with E-state index in [1.807, 2.05) is 0 Å². The first-order chi connectivity index (χ1) is 11.1. The van der Waals surface area contributed by atoms with Crippen LogP contribution < -0.4 is 0 Å². The van der Waals surface area contributed by atoms with E-state index in [0.29, 0.717) is 35.3 Å². The number of aliphatic hydroxyl groups is 1. The number of aromatic nitrogens is 2. The highest BCUT2D eigenvalue weighted by atomic mass is 19.1. The fraction of sp³-hybridized carbons (Fsp3) is 0.529. The normalized spacial score (nSPS) is 22.4. The Morgan fingerprint density at radius 2 is 2.26 bits per heavy atom. The number of hydrogen-bond donors (Lipinski definition) is 1. The molecule has 2 aromatic rings. The quantitative estimate of drug-likeness (QED) is 0.939. The van der Waals surface area contributed by atoms with Crippen molar-refractivity contribution in [3.05, 3.63) is 35.5 Å². The molecule has 2 atom stereocenters. The lowest BCUT2D eigenvalue weighted by atomic mass is 9.91. The molecule has 0 saturated carbocycles. The number of nitrogens with zero attached hydrogens (tertiary/aromatic N) is 3. The van der Waals surface area contributed by atoms with Crippen molar-refractivity contribution < 1.29 is 14.0 Å². The third-order valence-electron chi connectivity index (χ3n) is 4.65. The topological polar surface area (TPSA) is 62.4 Å². The molecule has 1 aliphatic rings. The summed E-state index contributed by atoms with van der Waals surface area (Å²) in [7, 11) is 0. The molecule has 5 nitrogen and oxygen atoms in total.